The van der Waals surface area contributed by atoms with Crippen LogP contribution in [0.4, 0.5) is 5.69 Å². The second kappa shape index (κ2) is 7.34. The highest BCUT2D eigenvalue weighted by Gasteiger charge is 2.18. The minimum atomic E-state index is -0.466. The lowest BCUT2D eigenvalue weighted by Gasteiger charge is -2.09. The van der Waals surface area contributed by atoms with Gasteiger partial charge in [0.05, 0.1) is 22.7 Å². The van der Waals surface area contributed by atoms with E-state index in [2.05, 4.69) is 10.3 Å². The number of rotatable bonds is 5. The van der Waals surface area contributed by atoms with Gasteiger partial charge in [0.25, 0.3) is 5.91 Å². The summed E-state index contributed by atoms with van der Waals surface area (Å²) >= 11 is 2.99. The summed E-state index contributed by atoms with van der Waals surface area (Å²) in [5.41, 5.74) is 2.03. The molecule has 136 valence electrons. The molecule has 4 rings (SSSR count). The molecular weight excluding hydrogens is 382 g/mol. The average Bonchev–Trinajstić information content (AvgIpc) is 3.38. The zero-order chi connectivity index (χ0) is 18.8. The van der Waals surface area contributed by atoms with Gasteiger partial charge in [-0.3, -0.25) is 9.20 Å². The fourth-order valence-electron chi connectivity index (χ4n) is 2.66. The highest BCUT2D eigenvalue weighted by atomic mass is 32.1. The summed E-state index contributed by atoms with van der Waals surface area (Å²) < 4.78 is 6.82. The highest BCUT2D eigenvalue weighted by Crippen LogP contribution is 2.27. The molecule has 0 aliphatic carbocycles. The lowest BCUT2D eigenvalue weighted by atomic mass is 10.1. The molecule has 0 bridgehead atoms. The molecule has 1 amide bonds. The molecule has 4 aromatic rings. The Bertz CT molecular complexity index is 1110. The molecule has 1 N–H and O–H groups in total. The average molecular weight is 397 g/mol. The fourth-order valence-corrected chi connectivity index (χ4v) is 4.19. The number of hydrogen-bond acceptors (Lipinski definition) is 6. The van der Waals surface area contributed by atoms with E-state index in [1.807, 2.05) is 23.7 Å². The molecule has 1 aromatic carbocycles. The SMILES string of the molecule is CCOC(=O)c1ccccc1NC(=O)c1csc2nc(-c3cccs3)cn12. The normalized spacial score (nSPS) is 10.9. The van der Waals surface area contributed by atoms with Crippen LogP contribution in [-0.4, -0.2) is 27.9 Å². The summed E-state index contributed by atoms with van der Waals surface area (Å²) in [4.78, 5) is 31.3. The Morgan fingerprint density at radius 1 is 1.19 bits per heavy atom. The number of para-hydroxylation sites is 1. The van der Waals surface area contributed by atoms with Crippen LogP contribution in [0.5, 0.6) is 0 Å². The van der Waals surface area contributed by atoms with Crippen molar-refractivity contribution in [1.82, 2.24) is 9.38 Å². The fraction of sp³-hybridized carbons (Fsp3) is 0.105. The zero-order valence-electron chi connectivity index (χ0n) is 14.3. The van der Waals surface area contributed by atoms with Crippen LogP contribution in [0.15, 0.2) is 53.4 Å². The number of aromatic nitrogens is 2. The molecule has 0 spiro atoms. The zero-order valence-corrected chi connectivity index (χ0v) is 16.0. The Hall–Kier alpha value is -2.97. The van der Waals surface area contributed by atoms with Gasteiger partial charge in [-0.1, -0.05) is 18.2 Å². The quantitative estimate of drug-likeness (QED) is 0.501. The summed E-state index contributed by atoms with van der Waals surface area (Å²) in [6.45, 7) is 2.01. The first-order chi connectivity index (χ1) is 13.2. The molecule has 0 radical (unpaired) electrons. The lowest BCUT2D eigenvalue weighted by molar-refractivity contribution is 0.0527. The van der Waals surface area contributed by atoms with Crippen molar-refractivity contribution < 1.29 is 14.3 Å². The predicted molar refractivity (Wildman–Crippen MR) is 107 cm³/mol. The van der Waals surface area contributed by atoms with Gasteiger partial charge in [0.1, 0.15) is 11.4 Å². The van der Waals surface area contributed by atoms with Crippen LogP contribution in [0, 0.1) is 0 Å². The number of benzene rings is 1. The van der Waals surface area contributed by atoms with Gasteiger partial charge >= 0.3 is 5.97 Å². The third-order valence-electron chi connectivity index (χ3n) is 3.89. The van der Waals surface area contributed by atoms with E-state index in [0.29, 0.717) is 16.9 Å². The molecule has 3 aromatic heterocycles. The number of anilines is 1. The Kier molecular flexibility index (Phi) is 4.74. The number of esters is 1. The number of nitrogens with one attached hydrogen (secondary N) is 1. The number of carbonyl (C=O) groups excluding carboxylic acids is 2. The summed E-state index contributed by atoms with van der Waals surface area (Å²) in [7, 11) is 0. The smallest absolute Gasteiger partial charge is 0.340 e. The maximum atomic E-state index is 12.8. The first-order valence-electron chi connectivity index (χ1n) is 8.25. The van der Waals surface area contributed by atoms with Crippen LogP contribution in [0.1, 0.15) is 27.8 Å². The number of imidazole rings is 1. The minimum absolute atomic E-state index is 0.271. The lowest BCUT2D eigenvalue weighted by Crippen LogP contribution is -2.17. The van der Waals surface area contributed by atoms with Crippen molar-refractivity contribution in [3.63, 3.8) is 0 Å². The number of thiophene rings is 1. The molecule has 0 atom stereocenters. The number of hydrogen-bond donors (Lipinski definition) is 1. The predicted octanol–water partition coefficient (Wildman–Crippen LogP) is 4.55. The van der Waals surface area contributed by atoms with E-state index in [-0.39, 0.29) is 12.5 Å². The Morgan fingerprint density at radius 2 is 2.04 bits per heavy atom. The molecule has 0 saturated heterocycles. The van der Waals surface area contributed by atoms with Crippen molar-refractivity contribution in [2.24, 2.45) is 0 Å². The van der Waals surface area contributed by atoms with E-state index >= 15 is 0 Å². The van der Waals surface area contributed by atoms with E-state index in [1.54, 1.807) is 52.3 Å². The minimum Gasteiger partial charge on any atom is -0.462 e. The van der Waals surface area contributed by atoms with Gasteiger partial charge < -0.3 is 10.1 Å². The van der Waals surface area contributed by atoms with Crippen LogP contribution >= 0.6 is 22.7 Å². The van der Waals surface area contributed by atoms with Gasteiger partial charge in [0, 0.05) is 11.6 Å². The van der Waals surface area contributed by atoms with Gasteiger partial charge in [-0.25, -0.2) is 9.78 Å². The number of amides is 1. The van der Waals surface area contributed by atoms with E-state index < -0.39 is 5.97 Å². The maximum Gasteiger partial charge on any atom is 0.340 e. The van der Waals surface area contributed by atoms with Crippen molar-refractivity contribution in [3.05, 3.63) is 64.6 Å². The second-order valence-electron chi connectivity index (χ2n) is 5.60. The Morgan fingerprint density at radius 3 is 2.81 bits per heavy atom. The van der Waals surface area contributed by atoms with Gasteiger partial charge in [0.2, 0.25) is 0 Å². The van der Waals surface area contributed by atoms with Crippen molar-refractivity contribution in [3.8, 4) is 10.6 Å². The van der Waals surface area contributed by atoms with Gasteiger partial charge in [-0.15, -0.1) is 22.7 Å². The third-order valence-corrected chi connectivity index (χ3v) is 5.62. The van der Waals surface area contributed by atoms with Crippen LogP contribution in [-0.2, 0) is 4.74 Å². The molecular formula is C19H15N3O3S2. The molecule has 0 aliphatic heterocycles. The summed E-state index contributed by atoms with van der Waals surface area (Å²) in [6.07, 6.45) is 1.85. The summed E-state index contributed by atoms with van der Waals surface area (Å²) in [5, 5.41) is 6.55. The molecule has 6 nitrogen and oxygen atoms in total. The first-order valence-corrected chi connectivity index (χ1v) is 10.0. The topological polar surface area (TPSA) is 72.7 Å². The third kappa shape index (κ3) is 3.36. The van der Waals surface area contributed by atoms with Gasteiger partial charge in [0.15, 0.2) is 4.96 Å². The first kappa shape index (κ1) is 17.4. The van der Waals surface area contributed by atoms with Crippen molar-refractivity contribution in [2.75, 3.05) is 11.9 Å². The highest BCUT2D eigenvalue weighted by molar-refractivity contribution is 7.15. The van der Waals surface area contributed by atoms with Crippen molar-refractivity contribution >= 4 is 45.2 Å². The Labute approximate surface area is 163 Å². The number of carbonyl (C=O) groups is 2. The number of nitrogens with zero attached hydrogens (tertiary/aromatic N) is 2. The number of fused-ring (bicyclic) bond motifs is 1. The summed E-state index contributed by atoms with van der Waals surface area (Å²) in [5.74, 6) is -0.778. The second-order valence-corrected chi connectivity index (χ2v) is 7.38. The number of thiazole rings is 1. The molecule has 0 saturated carbocycles. The van der Waals surface area contributed by atoms with E-state index in [0.717, 1.165) is 15.5 Å². The van der Waals surface area contributed by atoms with E-state index in [4.69, 9.17) is 4.74 Å². The Balaban J connectivity index is 1.64. The van der Waals surface area contributed by atoms with Crippen LogP contribution in [0.2, 0.25) is 0 Å². The molecule has 3 heterocycles. The van der Waals surface area contributed by atoms with Crippen LogP contribution < -0.4 is 5.32 Å². The molecule has 0 aliphatic rings. The van der Waals surface area contributed by atoms with E-state index in [1.165, 1.54) is 11.3 Å². The van der Waals surface area contributed by atoms with Gasteiger partial charge in [-0.05, 0) is 30.5 Å². The van der Waals surface area contributed by atoms with Crippen LogP contribution in [0.25, 0.3) is 15.5 Å². The monoisotopic (exact) mass is 397 g/mol. The molecule has 0 unspecified atom stereocenters. The molecule has 0 fully saturated rings. The van der Waals surface area contributed by atoms with Crippen molar-refractivity contribution in [2.45, 2.75) is 6.92 Å². The molecule has 8 heteroatoms. The van der Waals surface area contributed by atoms with Gasteiger partial charge in [-0.2, -0.15) is 0 Å². The van der Waals surface area contributed by atoms with Crippen molar-refractivity contribution in [1.29, 1.82) is 0 Å². The van der Waals surface area contributed by atoms with E-state index in [9.17, 15) is 9.59 Å². The molecule has 27 heavy (non-hydrogen) atoms. The maximum absolute atomic E-state index is 12.8. The number of ether oxygens (including phenoxy) is 1. The largest absolute Gasteiger partial charge is 0.462 e. The van der Waals surface area contributed by atoms with Crippen LogP contribution in [0.3, 0.4) is 0 Å². The standard InChI is InChI=1S/C19H15N3O3S2/c1-2-25-18(24)12-6-3-4-7-13(12)20-17(23)15-11-27-19-21-14(10-22(15)19)16-8-5-9-26-16/h3-11H,2H2,1H3,(H,20,23). The summed E-state index contributed by atoms with van der Waals surface area (Å²) in [6, 6.07) is 10.8.